The molecule has 2 aromatic rings. The summed E-state index contributed by atoms with van der Waals surface area (Å²) in [6.45, 7) is 6.52. The number of nitrogens with one attached hydrogen (secondary N) is 1. The number of hydrogen-bond acceptors (Lipinski definition) is 4. The number of amides is 1. The lowest BCUT2D eigenvalue weighted by Crippen LogP contribution is -2.58. The van der Waals surface area contributed by atoms with Crippen LogP contribution in [0.25, 0.3) is 10.9 Å². The molecule has 4 rings (SSSR count). The van der Waals surface area contributed by atoms with Gasteiger partial charge in [-0.1, -0.05) is 17.7 Å². The minimum Gasteiger partial charge on any atom is -0.475 e. The Morgan fingerprint density at radius 2 is 1.88 bits per heavy atom. The molecule has 1 amide bonds. The van der Waals surface area contributed by atoms with Gasteiger partial charge in [-0.05, 0) is 57.2 Å². The van der Waals surface area contributed by atoms with Crippen molar-refractivity contribution < 1.29 is 27.9 Å². The first-order chi connectivity index (χ1) is 14.9. The maximum atomic E-state index is 12.9. The van der Waals surface area contributed by atoms with Crippen LogP contribution < -0.4 is 5.32 Å². The van der Waals surface area contributed by atoms with Gasteiger partial charge in [0.05, 0.1) is 10.5 Å². The zero-order valence-corrected chi connectivity index (χ0v) is 18.6. The van der Waals surface area contributed by atoms with Gasteiger partial charge in [0.25, 0.3) is 5.91 Å². The number of piperazine rings is 1. The quantitative estimate of drug-likeness (QED) is 0.650. The minimum atomic E-state index is -5.08. The monoisotopic (exact) mass is 471 g/mol. The third-order valence-corrected chi connectivity index (χ3v) is 5.97. The fourth-order valence-corrected chi connectivity index (χ4v) is 4.36. The van der Waals surface area contributed by atoms with E-state index in [1.807, 2.05) is 23.1 Å². The number of hydrogen-bond donors (Lipinski definition) is 2. The third-order valence-electron chi connectivity index (χ3n) is 5.54. The molecule has 2 heterocycles. The zero-order valence-electron chi connectivity index (χ0n) is 17.9. The van der Waals surface area contributed by atoms with E-state index >= 15 is 0 Å². The Hall–Kier alpha value is -2.39. The second-order valence-corrected chi connectivity index (χ2v) is 9.01. The van der Waals surface area contributed by atoms with Crippen LogP contribution in [0, 0.1) is 0 Å². The third kappa shape index (κ3) is 5.50. The molecule has 10 heteroatoms. The summed E-state index contributed by atoms with van der Waals surface area (Å²) in [5, 5.41) is 12.3. The van der Waals surface area contributed by atoms with Crippen LogP contribution in [0.4, 0.5) is 13.2 Å². The van der Waals surface area contributed by atoms with E-state index in [1.165, 1.54) is 12.0 Å². The number of rotatable bonds is 1. The summed E-state index contributed by atoms with van der Waals surface area (Å²) in [7, 11) is 0. The summed E-state index contributed by atoms with van der Waals surface area (Å²) >= 11 is 6.63. The maximum Gasteiger partial charge on any atom is 0.490 e. The molecule has 174 valence electrons. The number of aliphatic carboxylic acids is 1. The molecule has 0 radical (unpaired) electrons. The predicted octanol–water partition coefficient (Wildman–Crippen LogP) is 4.22. The molecular weight excluding hydrogens is 447 g/mol. The molecule has 2 N–H and O–H groups in total. The van der Waals surface area contributed by atoms with E-state index in [1.54, 1.807) is 0 Å². The van der Waals surface area contributed by atoms with Gasteiger partial charge in [0.2, 0.25) is 0 Å². The summed E-state index contributed by atoms with van der Waals surface area (Å²) < 4.78 is 31.7. The number of aryl methyl sites for hydroxylation is 1. The van der Waals surface area contributed by atoms with Crippen LogP contribution >= 0.6 is 11.6 Å². The summed E-state index contributed by atoms with van der Waals surface area (Å²) in [5.41, 5.74) is 3.79. The average Bonchev–Trinajstić information content (AvgIpc) is 2.72. The van der Waals surface area contributed by atoms with E-state index in [9.17, 15) is 18.0 Å². The highest BCUT2D eigenvalue weighted by atomic mass is 35.5. The average molecular weight is 472 g/mol. The number of carbonyl (C=O) groups excluding carboxylic acids is 1. The van der Waals surface area contributed by atoms with Crippen molar-refractivity contribution in [1.29, 1.82) is 0 Å². The lowest BCUT2D eigenvalue weighted by atomic mass is 9.94. The second-order valence-electron chi connectivity index (χ2n) is 8.63. The van der Waals surface area contributed by atoms with Crippen molar-refractivity contribution in [3.8, 4) is 0 Å². The molecule has 1 aromatic heterocycles. The fourth-order valence-electron chi connectivity index (χ4n) is 4.00. The molecule has 32 heavy (non-hydrogen) atoms. The van der Waals surface area contributed by atoms with Crippen molar-refractivity contribution in [1.82, 2.24) is 15.2 Å². The van der Waals surface area contributed by atoms with Crippen molar-refractivity contribution in [2.75, 3.05) is 19.6 Å². The van der Waals surface area contributed by atoms with Gasteiger partial charge in [-0.25, -0.2) is 4.79 Å². The van der Waals surface area contributed by atoms with Crippen LogP contribution in [0.1, 0.15) is 48.3 Å². The van der Waals surface area contributed by atoms with Crippen LogP contribution in [-0.4, -0.2) is 58.2 Å². The van der Waals surface area contributed by atoms with Crippen LogP contribution in [0.15, 0.2) is 18.2 Å². The smallest absolute Gasteiger partial charge is 0.475 e. The molecule has 0 atom stereocenters. The number of alkyl halides is 3. The highest BCUT2D eigenvalue weighted by Crippen LogP contribution is 2.33. The van der Waals surface area contributed by atoms with Crippen molar-refractivity contribution in [3.63, 3.8) is 0 Å². The molecule has 0 saturated carbocycles. The van der Waals surface area contributed by atoms with Gasteiger partial charge in [-0.2, -0.15) is 13.2 Å². The zero-order chi connectivity index (χ0) is 23.7. The Kier molecular flexibility index (Phi) is 7.00. The topological polar surface area (TPSA) is 82.5 Å². The van der Waals surface area contributed by atoms with Gasteiger partial charge in [-0.15, -0.1) is 0 Å². The number of fused-ring (bicyclic) bond motifs is 2. The summed E-state index contributed by atoms with van der Waals surface area (Å²) in [5.74, 6) is -2.68. The van der Waals surface area contributed by atoms with Gasteiger partial charge < -0.3 is 15.3 Å². The molecule has 0 unspecified atom stereocenters. The number of benzene rings is 1. The molecule has 1 fully saturated rings. The molecule has 1 saturated heterocycles. The van der Waals surface area contributed by atoms with Gasteiger partial charge in [-0.3, -0.25) is 9.78 Å². The first-order valence-electron chi connectivity index (χ1n) is 10.3. The number of carbonyl (C=O) groups is 2. The summed E-state index contributed by atoms with van der Waals surface area (Å²) in [6, 6.07) is 5.76. The molecule has 0 bridgehead atoms. The first kappa shape index (κ1) is 24.3. The molecule has 1 aliphatic carbocycles. The lowest BCUT2D eigenvalue weighted by Gasteiger charge is -2.39. The molecule has 0 spiro atoms. The Balaban J connectivity index is 0.000000360. The van der Waals surface area contributed by atoms with Crippen LogP contribution in [-0.2, 0) is 17.6 Å². The van der Waals surface area contributed by atoms with Gasteiger partial charge >= 0.3 is 12.1 Å². The van der Waals surface area contributed by atoms with Crippen molar-refractivity contribution in [2.24, 2.45) is 0 Å². The number of carboxylic acids is 1. The molecule has 1 aromatic carbocycles. The lowest BCUT2D eigenvalue weighted by molar-refractivity contribution is -0.192. The number of pyridine rings is 1. The predicted molar refractivity (Wildman–Crippen MR) is 115 cm³/mol. The minimum absolute atomic E-state index is 0.0502. The highest BCUT2D eigenvalue weighted by molar-refractivity contribution is 6.36. The first-order valence-corrected chi connectivity index (χ1v) is 10.7. The Morgan fingerprint density at radius 3 is 2.50 bits per heavy atom. The molecule has 1 aliphatic heterocycles. The second kappa shape index (κ2) is 9.23. The van der Waals surface area contributed by atoms with Crippen LogP contribution in [0.5, 0.6) is 0 Å². The summed E-state index contributed by atoms with van der Waals surface area (Å²) in [4.78, 5) is 28.6. The van der Waals surface area contributed by atoms with Crippen LogP contribution in [0.3, 0.4) is 0 Å². The van der Waals surface area contributed by atoms with Crippen LogP contribution in [0.2, 0.25) is 5.02 Å². The van der Waals surface area contributed by atoms with Crippen molar-refractivity contribution in [2.45, 2.75) is 51.2 Å². The van der Waals surface area contributed by atoms with E-state index in [4.69, 9.17) is 26.5 Å². The molecular formula is C22H25ClF3N3O3. The van der Waals surface area contributed by atoms with E-state index in [0.717, 1.165) is 54.0 Å². The van der Waals surface area contributed by atoms with E-state index in [2.05, 4.69) is 19.2 Å². The number of aromatic nitrogens is 1. The summed E-state index contributed by atoms with van der Waals surface area (Å²) in [6.07, 6.45) is -0.756. The Bertz CT molecular complexity index is 1040. The van der Waals surface area contributed by atoms with Crippen molar-refractivity contribution in [3.05, 3.63) is 40.0 Å². The van der Waals surface area contributed by atoms with Gasteiger partial charge in [0.15, 0.2) is 0 Å². The molecule has 2 aliphatic rings. The SMILES string of the molecule is CC1(C)CN(C(=O)c2ccc3c(Cl)c4c(nc3c2)CCCC4)CCN1.O=C(O)C(F)(F)F. The number of halogens is 4. The van der Waals surface area contributed by atoms with Gasteiger partial charge in [0, 0.05) is 41.8 Å². The Labute approximate surface area is 188 Å². The normalized spacial score (nSPS) is 17.9. The van der Waals surface area contributed by atoms with Crippen molar-refractivity contribution >= 4 is 34.4 Å². The number of carboxylic acid groups (broad SMARTS) is 1. The largest absolute Gasteiger partial charge is 0.490 e. The van der Waals surface area contributed by atoms with E-state index in [-0.39, 0.29) is 11.4 Å². The highest BCUT2D eigenvalue weighted by Gasteiger charge is 2.38. The maximum absolute atomic E-state index is 12.9. The van der Waals surface area contributed by atoms with E-state index < -0.39 is 12.1 Å². The Morgan fingerprint density at radius 1 is 1.22 bits per heavy atom. The standard InChI is InChI=1S/C20H24ClN3O.C2HF3O2/c1-20(2)12-24(10-9-22-20)19(25)13-7-8-15-17(11-13)23-16-6-4-3-5-14(16)18(15)21;3-2(4,5)1(6)7/h7-8,11,22H,3-6,9-10,12H2,1-2H3;(H,6,7). The van der Waals surface area contributed by atoms with Gasteiger partial charge in [0.1, 0.15) is 0 Å². The molecule has 6 nitrogen and oxygen atoms in total. The fraction of sp³-hybridized carbons (Fsp3) is 0.500. The number of nitrogens with zero attached hydrogens (tertiary/aromatic N) is 2. The van der Waals surface area contributed by atoms with E-state index in [0.29, 0.717) is 12.1 Å².